The predicted molar refractivity (Wildman–Crippen MR) is 86.7 cm³/mol. The van der Waals surface area contributed by atoms with Crippen LogP contribution in [0.2, 0.25) is 0 Å². The lowest BCUT2D eigenvalue weighted by molar-refractivity contribution is -0.153. The molecule has 1 N–H and O–H groups in total. The number of ether oxygens (including phenoxy) is 1. The van der Waals surface area contributed by atoms with E-state index >= 15 is 0 Å². The van der Waals surface area contributed by atoms with Crippen molar-refractivity contribution >= 4 is 21.8 Å². The van der Waals surface area contributed by atoms with Gasteiger partial charge in [-0.15, -0.1) is 0 Å². The van der Waals surface area contributed by atoms with Gasteiger partial charge in [0.05, 0.1) is 38.7 Å². The van der Waals surface area contributed by atoms with Gasteiger partial charge in [0.1, 0.15) is 5.75 Å². The first-order valence-electron chi connectivity index (χ1n) is 9.79. The number of aromatic amines is 1. The quantitative estimate of drug-likeness (QED) is 0.741. The van der Waals surface area contributed by atoms with Crippen LogP contribution in [0.15, 0.2) is 41.6 Å². The Hall–Kier alpha value is -2.42. The minimum atomic E-state index is -4.61. The molecule has 0 bridgehead atoms. The van der Waals surface area contributed by atoms with E-state index in [1.807, 2.05) is 0 Å². The van der Waals surface area contributed by atoms with Crippen molar-refractivity contribution in [2.24, 2.45) is 0 Å². The molecule has 0 aliphatic carbocycles. The van der Waals surface area contributed by atoms with Crippen LogP contribution in [-0.2, 0) is 16.5 Å². The van der Waals surface area contributed by atoms with E-state index < -0.39 is 64.3 Å². The Morgan fingerprint density at radius 3 is 2.92 bits per heavy atom. The Labute approximate surface area is 152 Å². The van der Waals surface area contributed by atoms with Crippen LogP contribution >= 0.6 is 0 Å². The first-order valence-corrected chi connectivity index (χ1v) is 7.94. The van der Waals surface area contributed by atoms with Crippen molar-refractivity contribution in [3.63, 3.8) is 0 Å². The minimum absolute atomic E-state index is 0.0922. The summed E-state index contributed by atoms with van der Waals surface area (Å²) in [5.41, 5.74) is -3.65. The van der Waals surface area contributed by atoms with E-state index in [9.17, 15) is 17.4 Å². The number of rotatable bonds is 5. The van der Waals surface area contributed by atoms with Gasteiger partial charge in [-0.3, -0.25) is 9.19 Å². The fourth-order valence-corrected chi connectivity index (χ4v) is 2.72. The summed E-state index contributed by atoms with van der Waals surface area (Å²) < 4.78 is 103. The highest BCUT2D eigenvalue weighted by molar-refractivity contribution is 7.84. The summed E-state index contributed by atoms with van der Waals surface area (Å²) in [4.78, 5) is 10.1. The third-order valence-corrected chi connectivity index (χ3v) is 3.95. The molecular weight excluding hydrogens is 355 g/mol. The Morgan fingerprint density at radius 2 is 2.16 bits per heavy atom. The standard InChI is InChI=1S/C16H14F3N3O2S/c1-10-13(20-7-6-14(10)24-9-16(17,18)19)8-25(23)15-21-11-4-2-3-5-12(11)22-15/h2-7H,8-9H2,1H3,(H,21,22)/i2D,3D,4D,5D,8D2. The molecule has 0 spiro atoms. The van der Waals surface area contributed by atoms with Crippen LogP contribution in [0.4, 0.5) is 13.2 Å². The molecule has 2 aromatic heterocycles. The zero-order valence-electron chi connectivity index (χ0n) is 18.6. The van der Waals surface area contributed by atoms with Crippen LogP contribution in [0.5, 0.6) is 5.75 Å². The molecule has 132 valence electrons. The maximum atomic E-state index is 13.0. The monoisotopic (exact) mass is 375 g/mol. The van der Waals surface area contributed by atoms with Crippen molar-refractivity contribution in [2.75, 3.05) is 6.61 Å². The highest BCUT2D eigenvalue weighted by atomic mass is 32.2. The molecule has 0 aliphatic rings. The highest BCUT2D eigenvalue weighted by Crippen LogP contribution is 2.24. The van der Waals surface area contributed by atoms with E-state index in [0.717, 1.165) is 12.3 Å². The van der Waals surface area contributed by atoms with E-state index in [1.165, 1.54) is 6.92 Å². The lowest BCUT2D eigenvalue weighted by Gasteiger charge is -2.13. The Kier molecular flexibility index (Phi) is 3.07. The topological polar surface area (TPSA) is 67.9 Å². The van der Waals surface area contributed by atoms with Gasteiger partial charge in [-0.2, -0.15) is 13.2 Å². The first kappa shape index (κ1) is 11.2. The second kappa shape index (κ2) is 6.83. The van der Waals surface area contributed by atoms with Gasteiger partial charge in [-0.05, 0) is 25.1 Å². The summed E-state index contributed by atoms with van der Waals surface area (Å²) in [6, 6.07) is -0.948. The number of nitrogens with zero attached hydrogens (tertiary/aromatic N) is 2. The number of pyridine rings is 1. The number of hydrogen-bond acceptors (Lipinski definition) is 4. The van der Waals surface area contributed by atoms with Crippen molar-refractivity contribution in [1.82, 2.24) is 15.0 Å². The van der Waals surface area contributed by atoms with Crippen LogP contribution in [0.1, 0.15) is 19.5 Å². The lowest BCUT2D eigenvalue weighted by atomic mass is 10.2. The van der Waals surface area contributed by atoms with Crippen molar-refractivity contribution in [3.8, 4) is 5.75 Å². The molecule has 0 fully saturated rings. The van der Waals surface area contributed by atoms with E-state index in [1.54, 1.807) is 0 Å². The molecule has 1 atom stereocenters. The van der Waals surface area contributed by atoms with Crippen LogP contribution in [0.25, 0.3) is 11.0 Å². The molecule has 1 unspecified atom stereocenters. The van der Waals surface area contributed by atoms with E-state index in [-0.39, 0.29) is 22.3 Å². The number of hydrogen-bond donors (Lipinski definition) is 1. The Bertz CT molecular complexity index is 1160. The summed E-state index contributed by atoms with van der Waals surface area (Å²) in [6.45, 7) is -0.333. The van der Waals surface area contributed by atoms with Crippen molar-refractivity contribution < 1.29 is 30.3 Å². The third kappa shape index (κ3) is 4.16. The van der Waals surface area contributed by atoms with Gasteiger partial charge in [0, 0.05) is 14.5 Å². The average molecular weight is 375 g/mol. The van der Waals surface area contributed by atoms with Crippen LogP contribution in [0.3, 0.4) is 0 Å². The SMILES string of the molecule is [2H]c1c([2H])c([2H])c2[nH]c(S(=O)C([2H])([2H])c3nccc(OCC(F)(F)F)c3C)nc2c1[2H]. The lowest BCUT2D eigenvalue weighted by Crippen LogP contribution is -2.19. The number of nitrogens with one attached hydrogen (secondary N) is 1. The molecule has 0 saturated carbocycles. The third-order valence-electron chi connectivity index (χ3n) is 3.02. The van der Waals surface area contributed by atoms with Crippen LogP contribution < -0.4 is 4.74 Å². The van der Waals surface area contributed by atoms with Gasteiger partial charge in [0.15, 0.2) is 11.8 Å². The molecule has 0 amide bonds. The molecule has 0 saturated heterocycles. The summed E-state index contributed by atoms with van der Waals surface area (Å²) in [5, 5.41) is -0.477. The number of halogens is 3. The summed E-state index contributed by atoms with van der Waals surface area (Å²) in [5.74, 6) is -0.285. The number of imidazole rings is 1. The molecule has 0 radical (unpaired) electrons. The minimum Gasteiger partial charge on any atom is -0.484 e. The molecule has 2 heterocycles. The molecular formula is C16H14F3N3O2S. The van der Waals surface area contributed by atoms with Gasteiger partial charge < -0.3 is 9.72 Å². The van der Waals surface area contributed by atoms with Gasteiger partial charge in [0.25, 0.3) is 0 Å². The molecule has 5 nitrogen and oxygen atoms in total. The number of benzene rings is 1. The molecule has 3 aromatic rings. The molecule has 1 aromatic carbocycles. The zero-order valence-corrected chi connectivity index (χ0v) is 13.4. The first-order chi connectivity index (χ1) is 14.3. The maximum absolute atomic E-state index is 13.0. The molecule has 3 rings (SSSR count). The molecule has 9 heteroatoms. The second-order valence-electron chi connectivity index (χ2n) is 4.82. The van der Waals surface area contributed by atoms with Crippen LogP contribution in [0, 0.1) is 6.92 Å². The van der Waals surface area contributed by atoms with E-state index in [0.29, 0.717) is 0 Å². The summed E-state index contributed by atoms with van der Waals surface area (Å²) >= 11 is 0. The summed E-state index contributed by atoms with van der Waals surface area (Å²) in [6.07, 6.45) is -3.59. The van der Waals surface area contributed by atoms with Gasteiger partial charge in [-0.25, -0.2) is 4.98 Å². The van der Waals surface area contributed by atoms with Gasteiger partial charge >= 0.3 is 6.18 Å². The van der Waals surface area contributed by atoms with Crippen molar-refractivity contribution in [3.05, 3.63) is 47.7 Å². The Balaban J connectivity index is 2.04. The number of aromatic nitrogens is 3. The summed E-state index contributed by atoms with van der Waals surface area (Å²) in [7, 11) is -2.61. The smallest absolute Gasteiger partial charge is 0.422 e. The highest BCUT2D eigenvalue weighted by Gasteiger charge is 2.29. The molecule has 0 aliphatic heterocycles. The van der Waals surface area contributed by atoms with Crippen molar-refractivity contribution in [2.45, 2.75) is 24.0 Å². The number of H-pyrrole nitrogens is 1. The average Bonchev–Trinajstić information content (AvgIpc) is 3.14. The normalized spacial score (nSPS) is 17.1. The number of para-hydroxylation sites is 2. The Morgan fingerprint density at radius 1 is 1.40 bits per heavy atom. The van der Waals surface area contributed by atoms with Gasteiger partial charge in [0.2, 0.25) is 0 Å². The van der Waals surface area contributed by atoms with Crippen LogP contribution in [-0.4, -0.2) is 31.9 Å². The largest absolute Gasteiger partial charge is 0.484 e. The van der Waals surface area contributed by atoms with Crippen molar-refractivity contribution in [1.29, 1.82) is 0 Å². The zero-order chi connectivity index (χ0) is 23.3. The second-order valence-corrected chi connectivity index (χ2v) is 5.95. The van der Waals surface area contributed by atoms with E-state index in [2.05, 4.69) is 19.7 Å². The number of alkyl halides is 3. The van der Waals surface area contributed by atoms with E-state index in [4.69, 9.17) is 8.22 Å². The predicted octanol–water partition coefficient (Wildman–Crippen LogP) is 3.52. The van der Waals surface area contributed by atoms with Gasteiger partial charge in [-0.1, -0.05) is 12.1 Å². The fourth-order valence-electron chi connectivity index (χ4n) is 1.88. The molecule has 25 heavy (non-hydrogen) atoms. The maximum Gasteiger partial charge on any atom is 0.422 e. The fraction of sp³-hybridized carbons (Fsp3) is 0.250. The number of fused-ring (bicyclic) bond motifs is 1.